The van der Waals surface area contributed by atoms with Crippen LogP contribution in [0.4, 0.5) is 0 Å². The van der Waals surface area contributed by atoms with E-state index in [4.69, 9.17) is 4.74 Å². The minimum Gasteiger partial charge on any atom is -0.421 e. The average Bonchev–Trinajstić information content (AvgIpc) is 2.59. The molecular weight excluding hydrogens is 328 g/mol. The zero-order chi connectivity index (χ0) is 19.1. The zero-order valence-electron chi connectivity index (χ0n) is 15.7. The fourth-order valence-corrected chi connectivity index (χ4v) is 2.83. The molecule has 0 radical (unpaired) electrons. The molecule has 3 aromatic rings. The maximum atomic E-state index is 12.7. The summed E-state index contributed by atoms with van der Waals surface area (Å²) in [4.78, 5) is 24.9. The molecule has 0 aliphatic carbocycles. The summed E-state index contributed by atoms with van der Waals surface area (Å²) in [7, 11) is 1.52. The number of aromatic nitrogens is 2. The lowest BCUT2D eigenvalue weighted by Gasteiger charge is -2.20. The Morgan fingerprint density at radius 1 is 1.08 bits per heavy atom. The summed E-state index contributed by atoms with van der Waals surface area (Å²) in [5.41, 5.74) is 1.94. The van der Waals surface area contributed by atoms with Crippen molar-refractivity contribution in [2.45, 2.75) is 33.1 Å². The predicted octanol–water partition coefficient (Wildman–Crippen LogP) is 3.76. The van der Waals surface area contributed by atoms with Gasteiger partial charge in [-0.15, -0.1) is 0 Å². The van der Waals surface area contributed by atoms with Crippen LogP contribution in [0.1, 0.15) is 42.4 Å². The molecule has 0 N–H and O–H groups in total. The summed E-state index contributed by atoms with van der Waals surface area (Å²) in [6.45, 7) is 8.31. The van der Waals surface area contributed by atoms with E-state index in [1.165, 1.54) is 12.6 Å². The van der Waals surface area contributed by atoms with Crippen LogP contribution in [0, 0.1) is 6.92 Å². The number of ether oxygens (including phenoxy) is 1. The Morgan fingerprint density at radius 3 is 2.35 bits per heavy atom. The van der Waals surface area contributed by atoms with Crippen LogP contribution in [0.25, 0.3) is 10.8 Å². The number of carbonyl (C=O) groups excluding carboxylic acids is 1. The molecule has 1 heterocycles. The number of fused-ring (bicyclic) bond motifs is 1. The van der Waals surface area contributed by atoms with Crippen LogP contribution in [0.15, 0.2) is 47.3 Å². The van der Waals surface area contributed by atoms with E-state index >= 15 is 0 Å². The SMILES string of the molecule is Cc1cc(C(C)(C)C)ccc1OC(=O)c1nn(C)c(=O)c2ccccc12. The first-order valence-corrected chi connectivity index (χ1v) is 8.48. The van der Waals surface area contributed by atoms with Gasteiger partial charge in [-0.1, -0.05) is 51.1 Å². The number of aryl methyl sites for hydroxylation is 2. The second kappa shape index (κ2) is 6.41. The van der Waals surface area contributed by atoms with Crippen LogP contribution in [-0.4, -0.2) is 15.7 Å². The molecule has 0 fully saturated rings. The first-order valence-electron chi connectivity index (χ1n) is 8.48. The van der Waals surface area contributed by atoms with Gasteiger partial charge in [-0.05, 0) is 35.6 Å². The van der Waals surface area contributed by atoms with E-state index in [0.717, 1.165) is 10.2 Å². The highest BCUT2D eigenvalue weighted by Gasteiger charge is 2.20. The minimum atomic E-state index is -0.580. The summed E-state index contributed by atoms with van der Waals surface area (Å²) < 4.78 is 6.75. The Balaban J connectivity index is 2.01. The first kappa shape index (κ1) is 17.9. The highest BCUT2D eigenvalue weighted by molar-refractivity contribution is 6.02. The lowest BCUT2D eigenvalue weighted by molar-refractivity contribution is 0.0727. The Kier molecular flexibility index (Phi) is 4.40. The molecule has 0 saturated heterocycles. The molecule has 5 heteroatoms. The van der Waals surface area contributed by atoms with Gasteiger partial charge in [0.2, 0.25) is 0 Å². The number of hydrogen-bond donors (Lipinski definition) is 0. The second-order valence-corrected chi connectivity index (χ2v) is 7.44. The fourth-order valence-electron chi connectivity index (χ4n) is 2.83. The van der Waals surface area contributed by atoms with Gasteiger partial charge in [-0.25, -0.2) is 9.48 Å². The summed E-state index contributed by atoms with van der Waals surface area (Å²) in [6, 6.07) is 12.7. The van der Waals surface area contributed by atoms with Crippen LogP contribution >= 0.6 is 0 Å². The van der Waals surface area contributed by atoms with Crippen molar-refractivity contribution in [1.82, 2.24) is 9.78 Å². The molecule has 0 atom stereocenters. The average molecular weight is 350 g/mol. The van der Waals surface area contributed by atoms with Crippen molar-refractivity contribution in [2.24, 2.45) is 7.05 Å². The molecule has 0 amide bonds. The molecule has 134 valence electrons. The molecule has 0 aliphatic heterocycles. The van der Waals surface area contributed by atoms with Gasteiger partial charge in [0.15, 0.2) is 5.69 Å². The molecular formula is C21H22N2O3. The third-order valence-corrected chi connectivity index (χ3v) is 4.39. The molecule has 0 unspecified atom stereocenters. The monoisotopic (exact) mass is 350 g/mol. The van der Waals surface area contributed by atoms with Crippen LogP contribution < -0.4 is 10.3 Å². The van der Waals surface area contributed by atoms with Gasteiger partial charge in [0, 0.05) is 12.4 Å². The van der Waals surface area contributed by atoms with E-state index < -0.39 is 5.97 Å². The molecule has 1 aromatic heterocycles. The number of nitrogens with zero attached hydrogens (tertiary/aromatic N) is 2. The summed E-state index contributed by atoms with van der Waals surface area (Å²) in [6.07, 6.45) is 0. The lowest BCUT2D eigenvalue weighted by Crippen LogP contribution is -2.24. The Labute approximate surface area is 152 Å². The number of carbonyl (C=O) groups is 1. The van der Waals surface area contributed by atoms with Crippen molar-refractivity contribution in [3.8, 4) is 5.75 Å². The maximum Gasteiger partial charge on any atom is 0.364 e. The molecule has 26 heavy (non-hydrogen) atoms. The Bertz CT molecular complexity index is 1060. The number of esters is 1. The van der Waals surface area contributed by atoms with Gasteiger partial charge in [-0.2, -0.15) is 5.10 Å². The van der Waals surface area contributed by atoms with E-state index in [0.29, 0.717) is 16.5 Å². The first-order chi connectivity index (χ1) is 12.2. The van der Waals surface area contributed by atoms with Crippen LogP contribution in [-0.2, 0) is 12.5 Å². The van der Waals surface area contributed by atoms with Crippen molar-refractivity contribution in [3.63, 3.8) is 0 Å². The molecule has 0 aliphatic rings. The van der Waals surface area contributed by atoms with Crippen molar-refractivity contribution in [3.05, 3.63) is 69.6 Å². The van der Waals surface area contributed by atoms with E-state index in [-0.39, 0.29) is 16.7 Å². The minimum absolute atomic E-state index is 0.0166. The van der Waals surface area contributed by atoms with Gasteiger partial charge in [0.05, 0.1) is 5.39 Å². The predicted molar refractivity (Wildman–Crippen MR) is 102 cm³/mol. The summed E-state index contributed by atoms with van der Waals surface area (Å²) >= 11 is 0. The fraction of sp³-hybridized carbons (Fsp3) is 0.286. The number of benzene rings is 2. The largest absolute Gasteiger partial charge is 0.421 e. The van der Waals surface area contributed by atoms with Crippen molar-refractivity contribution in [2.75, 3.05) is 0 Å². The Hall–Kier alpha value is -2.95. The van der Waals surface area contributed by atoms with E-state index in [1.807, 2.05) is 19.1 Å². The third kappa shape index (κ3) is 3.25. The highest BCUT2D eigenvalue weighted by atomic mass is 16.5. The smallest absolute Gasteiger partial charge is 0.364 e. The second-order valence-electron chi connectivity index (χ2n) is 7.44. The van der Waals surface area contributed by atoms with Crippen LogP contribution in [0.5, 0.6) is 5.75 Å². The summed E-state index contributed by atoms with van der Waals surface area (Å²) in [5.74, 6) is -0.0915. The van der Waals surface area contributed by atoms with Gasteiger partial charge in [0.25, 0.3) is 5.56 Å². The standard InChI is InChI=1S/C21H22N2O3/c1-13-12-14(21(2,3)4)10-11-17(13)26-20(25)18-15-8-6-7-9-16(15)19(24)23(5)22-18/h6-12H,1-5H3. The van der Waals surface area contributed by atoms with Crippen LogP contribution in [0.2, 0.25) is 0 Å². The van der Waals surface area contributed by atoms with Gasteiger partial charge in [0.1, 0.15) is 5.75 Å². The number of rotatable bonds is 2. The molecule has 3 rings (SSSR count). The topological polar surface area (TPSA) is 61.2 Å². The molecule has 0 saturated carbocycles. The van der Waals surface area contributed by atoms with Crippen molar-refractivity contribution in [1.29, 1.82) is 0 Å². The van der Waals surface area contributed by atoms with Gasteiger partial charge < -0.3 is 4.74 Å². The van der Waals surface area contributed by atoms with E-state index in [9.17, 15) is 9.59 Å². The van der Waals surface area contributed by atoms with E-state index in [1.54, 1.807) is 30.3 Å². The number of hydrogen-bond acceptors (Lipinski definition) is 4. The van der Waals surface area contributed by atoms with Crippen molar-refractivity contribution >= 4 is 16.7 Å². The normalized spacial score (nSPS) is 11.6. The maximum absolute atomic E-state index is 12.7. The third-order valence-electron chi connectivity index (χ3n) is 4.39. The molecule has 0 bridgehead atoms. The van der Waals surface area contributed by atoms with Gasteiger partial charge in [-0.3, -0.25) is 4.79 Å². The lowest BCUT2D eigenvalue weighted by atomic mass is 9.86. The van der Waals surface area contributed by atoms with Crippen LogP contribution in [0.3, 0.4) is 0 Å². The highest BCUT2D eigenvalue weighted by Crippen LogP contribution is 2.28. The van der Waals surface area contributed by atoms with Gasteiger partial charge >= 0.3 is 5.97 Å². The quantitative estimate of drug-likeness (QED) is 0.521. The molecule has 0 spiro atoms. The zero-order valence-corrected chi connectivity index (χ0v) is 15.7. The van der Waals surface area contributed by atoms with E-state index in [2.05, 4.69) is 25.9 Å². The summed E-state index contributed by atoms with van der Waals surface area (Å²) in [5, 5.41) is 5.04. The Morgan fingerprint density at radius 2 is 1.73 bits per heavy atom. The molecule has 2 aromatic carbocycles. The molecule has 5 nitrogen and oxygen atoms in total. The van der Waals surface area contributed by atoms with Crippen molar-refractivity contribution < 1.29 is 9.53 Å².